The molecule has 1 aromatic carbocycles. The van der Waals surface area contributed by atoms with Crippen molar-refractivity contribution in [3.05, 3.63) is 29.8 Å². The summed E-state index contributed by atoms with van der Waals surface area (Å²) in [7, 11) is 2.93. The molecule has 0 aliphatic carbocycles. The number of nitrogens with zero attached hydrogens (tertiary/aromatic N) is 1. The summed E-state index contributed by atoms with van der Waals surface area (Å²) in [5.41, 5.74) is 1.09. The third-order valence-electron chi connectivity index (χ3n) is 3.57. The first-order chi connectivity index (χ1) is 10.1. The number of benzene rings is 1. The van der Waals surface area contributed by atoms with Gasteiger partial charge in [-0.3, -0.25) is 4.79 Å². The van der Waals surface area contributed by atoms with E-state index in [1.54, 1.807) is 36.3 Å². The summed E-state index contributed by atoms with van der Waals surface area (Å²) in [4.78, 5) is 25.7. The van der Waals surface area contributed by atoms with Crippen LogP contribution in [0.3, 0.4) is 0 Å². The summed E-state index contributed by atoms with van der Waals surface area (Å²) < 4.78 is 10.1. The van der Waals surface area contributed by atoms with E-state index in [-0.39, 0.29) is 18.1 Å². The number of likely N-dealkylation sites (N-methyl/N-ethyl adjacent to an activating group) is 1. The van der Waals surface area contributed by atoms with Crippen LogP contribution in [0.15, 0.2) is 24.3 Å². The van der Waals surface area contributed by atoms with Gasteiger partial charge >= 0.3 is 5.97 Å². The van der Waals surface area contributed by atoms with Gasteiger partial charge in [0.2, 0.25) is 5.91 Å². The van der Waals surface area contributed by atoms with Crippen LogP contribution >= 0.6 is 0 Å². The van der Waals surface area contributed by atoms with Crippen LogP contribution in [-0.4, -0.2) is 51.3 Å². The van der Waals surface area contributed by atoms with E-state index in [4.69, 9.17) is 9.47 Å². The largest absolute Gasteiger partial charge is 0.465 e. The maximum atomic E-state index is 12.5. The lowest BCUT2D eigenvalue weighted by Gasteiger charge is -2.17. The van der Waals surface area contributed by atoms with Crippen LogP contribution in [-0.2, 0) is 14.3 Å². The number of rotatable bonds is 5. The predicted octanol–water partition coefficient (Wildman–Crippen LogP) is 0.813. The molecule has 0 saturated carbocycles. The van der Waals surface area contributed by atoms with Gasteiger partial charge in [-0.2, -0.15) is 0 Å². The van der Waals surface area contributed by atoms with Crippen molar-refractivity contribution in [1.82, 2.24) is 5.32 Å². The molecule has 0 spiro atoms. The van der Waals surface area contributed by atoms with E-state index in [9.17, 15) is 9.59 Å². The van der Waals surface area contributed by atoms with Crippen LogP contribution < -0.4 is 10.2 Å². The molecule has 114 valence electrons. The molecule has 1 aliphatic heterocycles. The maximum Gasteiger partial charge on any atom is 0.337 e. The highest BCUT2D eigenvalue weighted by molar-refractivity contribution is 6.01. The summed E-state index contributed by atoms with van der Waals surface area (Å²) in [5.74, 6) is -0.472. The van der Waals surface area contributed by atoms with Gasteiger partial charge in [0, 0.05) is 12.8 Å². The summed E-state index contributed by atoms with van der Waals surface area (Å²) in [5, 5.41) is 3.14. The number of ether oxygens (including phenoxy) is 2. The molecule has 1 saturated heterocycles. The van der Waals surface area contributed by atoms with Gasteiger partial charge in [0.15, 0.2) is 0 Å². The second kappa shape index (κ2) is 6.69. The molecule has 2 unspecified atom stereocenters. The van der Waals surface area contributed by atoms with Crippen molar-refractivity contribution in [2.24, 2.45) is 0 Å². The Morgan fingerprint density at radius 1 is 1.43 bits per heavy atom. The van der Waals surface area contributed by atoms with E-state index in [2.05, 4.69) is 5.32 Å². The van der Waals surface area contributed by atoms with Crippen LogP contribution in [0.4, 0.5) is 5.69 Å². The molecule has 0 aromatic heterocycles. The Balaban J connectivity index is 2.26. The third kappa shape index (κ3) is 3.06. The highest BCUT2D eigenvalue weighted by atomic mass is 16.5. The number of amides is 1. The predicted molar refractivity (Wildman–Crippen MR) is 78.4 cm³/mol. The average molecular weight is 292 g/mol. The summed E-state index contributed by atoms with van der Waals surface area (Å²) in [6, 6.07) is 6.49. The van der Waals surface area contributed by atoms with Gasteiger partial charge in [0.25, 0.3) is 0 Å². The molecule has 2 atom stereocenters. The number of anilines is 1. The number of carbonyl (C=O) groups is 2. The molecule has 0 radical (unpaired) electrons. The lowest BCUT2D eigenvalue weighted by molar-refractivity contribution is -0.120. The van der Waals surface area contributed by atoms with Gasteiger partial charge in [-0.05, 0) is 24.7 Å². The van der Waals surface area contributed by atoms with Crippen LogP contribution in [0.5, 0.6) is 0 Å². The molecule has 6 nitrogen and oxygen atoms in total. The molecular weight excluding hydrogens is 272 g/mol. The number of esters is 1. The van der Waals surface area contributed by atoms with E-state index in [0.29, 0.717) is 24.3 Å². The molecule has 1 N–H and O–H groups in total. The van der Waals surface area contributed by atoms with Crippen molar-refractivity contribution in [1.29, 1.82) is 0 Å². The van der Waals surface area contributed by atoms with Crippen molar-refractivity contribution in [3.63, 3.8) is 0 Å². The lowest BCUT2D eigenvalue weighted by atomic mass is 10.2. The monoisotopic (exact) mass is 292 g/mol. The van der Waals surface area contributed by atoms with E-state index < -0.39 is 5.97 Å². The Morgan fingerprint density at radius 2 is 2.19 bits per heavy atom. The molecule has 1 amide bonds. The molecule has 6 heteroatoms. The maximum absolute atomic E-state index is 12.5. The number of nitrogens with one attached hydrogen (secondary N) is 1. The topological polar surface area (TPSA) is 67.9 Å². The first-order valence-corrected chi connectivity index (χ1v) is 6.88. The van der Waals surface area contributed by atoms with Crippen molar-refractivity contribution in [2.45, 2.75) is 19.1 Å². The molecule has 2 rings (SSSR count). The molecule has 1 aliphatic rings. The Bertz CT molecular complexity index is 532. The van der Waals surface area contributed by atoms with Gasteiger partial charge in [-0.15, -0.1) is 0 Å². The lowest BCUT2D eigenvalue weighted by Crippen LogP contribution is -2.43. The quantitative estimate of drug-likeness (QED) is 0.814. The molecular formula is C15H20N2O4. The highest BCUT2D eigenvalue weighted by Crippen LogP contribution is 2.24. The summed E-state index contributed by atoms with van der Waals surface area (Å²) in [6.45, 7) is 3.09. The first kappa shape index (κ1) is 15.5. The van der Waals surface area contributed by atoms with Gasteiger partial charge in [0.05, 0.1) is 25.3 Å². The Morgan fingerprint density at radius 3 is 2.81 bits per heavy atom. The minimum Gasteiger partial charge on any atom is -0.465 e. The molecule has 1 fully saturated rings. The van der Waals surface area contributed by atoms with Crippen molar-refractivity contribution in [2.75, 3.05) is 32.2 Å². The standard InChI is InChI=1S/C15H20N2O4/c1-4-16-13-12(20-2)9-17(14(13)18)11-7-5-6-10(8-11)15(19)21-3/h5-8,12-13,16H,4,9H2,1-3H3. The molecule has 0 bridgehead atoms. The summed E-state index contributed by atoms with van der Waals surface area (Å²) >= 11 is 0. The molecule has 21 heavy (non-hydrogen) atoms. The van der Waals surface area contributed by atoms with Crippen LogP contribution in [0.2, 0.25) is 0 Å². The zero-order chi connectivity index (χ0) is 15.4. The molecule has 1 aromatic rings. The van der Waals surface area contributed by atoms with E-state index >= 15 is 0 Å². The minimum absolute atomic E-state index is 0.0503. The first-order valence-electron chi connectivity index (χ1n) is 6.88. The van der Waals surface area contributed by atoms with Crippen LogP contribution in [0, 0.1) is 0 Å². The van der Waals surface area contributed by atoms with Crippen LogP contribution in [0.25, 0.3) is 0 Å². The van der Waals surface area contributed by atoms with Crippen molar-refractivity contribution in [3.8, 4) is 0 Å². The Hall–Kier alpha value is -1.92. The zero-order valence-electron chi connectivity index (χ0n) is 12.5. The second-order valence-electron chi connectivity index (χ2n) is 4.80. The van der Waals surface area contributed by atoms with Gasteiger partial charge in [-0.1, -0.05) is 13.0 Å². The van der Waals surface area contributed by atoms with E-state index in [1.165, 1.54) is 7.11 Å². The minimum atomic E-state index is -0.421. The fourth-order valence-corrected chi connectivity index (χ4v) is 2.50. The van der Waals surface area contributed by atoms with Crippen molar-refractivity contribution < 1.29 is 19.1 Å². The molecule has 1 heterocycles. The van der Waals surface area contributed by atoms with E-state index in [1.807, 2.05) is 6.92 Å². The smallest absolute Gasteiger partial charge is 0.337 e. The normalized spacial score (nSPS) is 21.7. The Kier molecular flexibility index (Phi) is 4.93. The highest BCUT2D eigenvalue weighted by Gasteiger charge is 2.40. The average Bonchev–Trinajstić information content (AvgIpc) is 2.83. The number of carbonyl (C=O) groups excluding carboxylic acids is 2. The van der Waals surface area contributed by atoms with Gasteiger partial charge in [0.1, 0.15) is 6.04 Å². The number of hydrogen-bond acceptors (Lipinski definition) is 5. The third-order valence-corrected chi connectivity index (χ3v) is 3.57. The summed E-state index contributed by atoms with van der Waals surface area (Å²) in [6.07, 6.45) is -0.209. The second-order valence-corrected chi connectivity index (χ2v) is 4.80. The zero-order valence-corrected chi connectivity index (χ0v) is 12.5. The fraction of sp³-hybridized carbons (Fsp3) is 0.467. The SMILES string of the molecule is CCNC1C(=O)N(c2cccc(C(=O)OC)c2)CC1OC. The number of methoxy groups -OCH3 is 2. The van der Waals surface area contributed by atoms with Gasteiger partial charge < -0.3 is 19.7 Å². The number of hydrogen-bond donors (Lipinski definition) is 1. The van der Waals surface area contributed by atoms with E-state index in [0.717, 1.165) is 0 Å². The van der Waals surface area contributed by atoms with Gasteiger partial charge in [-0.25, -0.2) is 4.79 Å². The van der Waals surface area contributed by atoms with Crippen LogP contribution in [0.1, 0.15) is 17.3 Å². The fourth-order valence-electron chi connectivity index (χ4n) is 2.50. The Labute approximate surface area is 124 Å². The van der Waals surface area contributed by atoms with Crippen molar-refractivity contribution >= 4 is 17.6 Å².